The van der Waals surface area contributed by atoms with Gasteiger partial charge in [0.1, 0.15) is 34.2 Å². The molecule has 0 aliphatic rings. The number of nitrogens with one attached hydrogen (secondary N) is 1. The molecular formula is C22H25FN8O5S. The van der Waals surface area contributed by atoms with Crippen LogP contribution in [0.25, 0.3) is 17.2 Å². The Hall–Kier alpha value is -4.11. The molecule has 0 bridgehead atoms. The van der Waals surface area contributed by atoms with E-state index in [4.69, 9.17) is 14.2 Å². The van der Waals surface area contributed by atoms with Crippen LogP contribution in [0.1, 0.15) is 18.9 Å². The summed E-state index contributed by atoms with van der Waals surface area (Å²) in [7, 11) is 1.80. The molecule has 4 rings (SSSR count). The summed E-state index contributed by atoms with van der Waals surface area (Å²) in [6.45, 7) is 1.41. The maximum atomic E-state index is 13.5. The van der Waals surface area contributed by atoms with Crippen molar-refractivity contribution in [3.63, 3.8) is 0 Å². The van der Waals surface area contributed by atoms with E-state index in [0.29, 0.717) is 22.9 Å². The molecule has 0 saturated heterocycles. The molecule has 3 heterocycles. The molecule has 0 saturated carbocycles. The largest absolute Gasteiger partial charge is 0.494 e. The summed E-state index contributed by atoms with van der Waals surface area (Å²) in [4.78, 5) is 7.74. The minimum atomic E-state index is -4.20. The normalized spacial score (nSPS) is 13.2. The summed E-state index contributed by atoms with van der Waals surface area (Å²) in [6.07, 6.45) is 2.48. The first-order valence-electron chi connectivity index (χ1n) is 10.9. The molecule has 4 aromatic rings. The zero-order valence-corrected chi connectivity index (χ0v) is 21.5. The molecule has 37 heavy (non-hydrogen) atoms. The third-order valence-corrected chi connectivity index (χ3v) is 7.22. The lowest BCUT2D eigenvalue weighted by Gasteiger charge is -2.22. The van der Waals surface area contributed by atoms with Gasteiger partial charge in [0.2, 0.25) is 16.0 Å². The van der Waals surface area contributed by atoms with Gasteiger partial charge in [-0.15, -0.1) is 10.2 Å². The second-order valence-electron chi connectivity index (χ2n) is 7.84. The van der Waals surface area contributed by atoms with Crippen molar-refractivity contribution in [2.24, 2.45) is 7.05 Å². The maximum Gasteiger partial charge on any atom is 0.243 e. The van der Waals surface area contributed by atoms with Gasteiger partial charge >= 0.3 is 0 Å². The highest BCUT2D eigenvalue weighted by Crippen LogP contribution is 2.37. The summed E-state index contributed by atoms with van der Waals surface area (Å²) in [6, 6.07) is 6.81. The Morgan fingerprint density at radius 3 is 2.22 bits per heavy atom. The maximum absolute atomic E-state index is 13.5. The lowest BCUT2D eigenvalue weighted by atomic mass is 10.2. The predicted octanol–water partition coefficient (Wildman–Crippen LogP) is 2.13. The van der Waals surface area contributed by atoms with E-state index in [0.717, 1.165) is 12.4 Å². The van der Waals surface area contributed by atoms with Crippen LogP contribution in [0.2, 0.25) is 0 Å². The Morgan fingerprint density at radius 1 is 1.03 bits per heavy atom. The quantitative estimate of drug-likeness (QED) is 0.322. The Balaban J connectivity index is 1.82. The van der Waals surface area contributed by atoms with Gasteiger partial charge < -0.3 is 14.2 Å². The second kappa shape index (κ2) is 10.5. The number of hydrogen-bond donors (Lipinski definition) is 1. The zero-order chi connectivity index (χ0) is 26.7. The predicted molar refractivity (Wildman–Crippen MR) is 130 cm³/mol. The number of nitrogens with zero attached hydrogens (tertiary/aromatic N) is 7. The van der Waals surface area contributed by atoms with Crippen LogP contribution in [0.3, 0.4) is 0 Å². The molecule has 0 amide bonds. The monoisotopic (exact) mass is 532 g/mol. The average molecular weight is 533 g/mol. The Bertz CT molecular complexity index is 1470. The van der Waals surface area contributed by atoms with Crippen molar-refractivity contribution in [2.45, 2.75) is 18.3 Å². The van der Waals surface area contributed by atoms with Gasteiger partial charge in [-0.25, -0.2) is 22.8 Å². The molecular weight excluding hydrogens is 507 g/mol. The van der Waals surface area contributed by atoms with E-state index in [1.54, 1.807) is 42.2 Å². The SMILES string of the molecule is COc1cccc(OC)c1-n1c(NS(=O)(=O)[C@H](C)[C@@H](OC)c2ncc(F)cn2)nnc1-c1ccn(C)n1. The molecule has 0 fully saturated rings. The summed E-state index contributed by atoms with van der Waals surface area (Å²) in [5.74, 6) is 0.180. The van der Waals surface area contributed by atoms with E-state index in [1.165, 1.54) is 32.8 Å². The van der Waals surface area contributed by atoms with E-state index >= 15 is 0 Å². The fourth-order valence-corrected chi connectivity index (χ4v) is 4.80. The molecule has 0 aliphatic heterocycles. The van der Waals surface area contributed by atoms with Gasteiger partial charge in [-0.1, -0.05) is 6.07 Å². The number of sulfonamides is 1. The number of ether oxygens (including phenoxy) is 3. The van der Waals surface area contributed by atoms with E-state index in [-0.39, 0.29) is 17.6 Å². The van der Waals surface area contributed by atoms with Crippen LogP contribution in [0.5, 0.6) is 11.5 Å². The first kappa shape index (κ1) is 26.0. The lowest BCUT2D eigenvalue weighted by Crippen LogP contribution is -2.33. The fraction of sp³-hybridized carbons (Fsp3) is 0.318. The van der Waals surface area contributed by atoms with Gasteiger partial charge in [0.25, 0.3) is 0 Å². The zero-order valence-electron chi connectivity index (χ0n) is 20.7. The smallest absolute Gasteiger partial charge is 0.243 e. The highest BCUT2D eigenvalue weighted by Gasteiger charge is 2.35. The number of halogens is 1. The van der Waals surface area contributed by atoms with E-state index in [1.807, 2.05) is 0 Å². The van der Waals surface area contributed by atoms with Crippen LogP contribution < -0.4 is 14.2 Å². The Morgan fingerprint density at radius 2 is 1.68 bits per heavy atom. The molecule has 15 heteroatoms. The van der Waals surface area contributed by atoms with Crippen LogP contribution >= 0.6 is 0 Å². The topological polar surface area (TPSA) is 148 Å². The van der Waals surface area contributed by atoms with Crippen molar-refractivity contribution in [3.05, 3.63) is 54.5 Å². The highest BCUT2D eigenvalue weighted by atomic mass is 32.2. The van der Waals surface area contributed by atoms with Gasteiger partial charge in [0.05, 0.1) is 26.6 Å². The van der Waals surface area contributed by atoms with Crippen LogP contribution in [0, 0.1) is 5.82 Å². The van der Waals surface area contributed by atoms with Gasteiger partial charge in [-0.2, -0.15) is 5.10 Å². The molecule has 0 radical (unpaired) electrons. The van der Waals surface area contributed by atoms with E-state index < -0.39 is 27.2 Å². The summed E-state index contributed by atoms with van der Waals surface area (Å²) in [5, 5.41) is 11.5. The van der Waals surface area contributed by atoms with Crippen LogP contribution in [0.4, 0.5) is 10.3 Å². The molecule has 0 unspecified atom stereocenters. The fourth-order valence-electron chi connectivity index (χ4n) is 3.67. The van der Waals surface area contributed by atoms with Gasteiger partial charge in [0.15, 0.2) is 17.5 Å². The van der Waals surface area contributed by atoms with E-state index in [9.17, 15) is 12.8 Å². The standard InChI is InChI=1S/C22H25FN8O5S/c1-13(19(36-5)20-24-11-14(23)12-25-20)37(32,33)29-22-27-26-21(15-9-10-30(2)28-15)31(22)18-16(34-3)7-6-8-17(18)35-4/h6-13,19H,1-5H3,(H,27,29)/t13-,19-/m1/s1. The van der Waals surface area contributed by atoms with Crippen molar-refractivity contribution in [1.29, 1.82) is 0 Å². The molecule has 2 atom stereocenters. The number of rotatable bonds is 10. The summed E-state index contributed by atoms with van der Waals surface area (Å²) < 4.78 is 62.3. The molecule has 1 N–H and O–H groups in total. The molecule has 13 nitrogen and oxygen atoms in total. The number of benzene rings is 1. The number of anilines is 1. The number of aryl methyl sites for hydroxylation is 1. The number of hydrogen-bond acceptors (Lipinski definition) is 10. The van der Waals surface area contributed by atoms with Crippen molar-refractivity contribution in [3.8, 4) is 28.7 Å². The van der Waals surface area contributed by atoms with Gasteiger partial charge in [-0.05, 0) is 25.1 Å². The highest BCUT2D eigenvalue weighted by molar-refractivity contribution is 7.93. The third kappa shape index (κ3) is 5.08. The van der Waals surface area contributed by atoms with Crippen LogP contribution in [0.15, 0.2) is 42.9 Å². The van der Waals surface area contributed by atoms with Crippen molar-refractivity contribution in [2.75, 3.05) is 26.1 Å². The van der Waals surface area contributed by atoms with Crippen molar-refractivity contribution >= 4 is 16.0 Å². The average Bonchev–Trinajstić information content (AvgIpc) is 3.50. The number of methoxy groups -OCH3 is 3. The molecule has 3 aromatic heterocycles. The third-order valence-electron chi connectivity index (χ3n) is 5.53. The first-order valence-corrected chi connectivity index (χ1v) is 12.4. The summed E-state index contributed by atoms with van der Waals surface area (Å²) in [5.41, 5.74) is 0.782. The Kier molecular flexibility index (Phi) is 7.35. The van der Waals surface area contributed by atoms with Crippen molar-refractivity contribution < 1.29 is 27.0 Å². The number of para-hydroxylation sites is 1. The minimum absolute atomic E-state index is 0.00353. The van der Waals surface area contributed by atoms with E-state index in [2.05, 4.69) is 30.0 Å². The molecule has 0 spiro atoms. The number of aromatic nitrogens is 7. The molecule has 196 valence electrons. The van der Waals surface area contributed by atoms with Gasteiger partial charge in [-0.3, -0.25) is 14.0 Å². The van der Waals surface area contributed by atoms with Gasteiger partial charge in [0, 0.05) is 20.4 Å². The molecule has 1 aromatic carbocycles. The van der Waals surface area contributed by atoms with Crippen LogP contribution in [-0.4, -0.2) is 69.5 Å². The Labute approximate surface area is 212 Å². The minimum Gasteiger partial charge on any atom is -0.494 e. The summed E-state index contributed by atoms with van der Waals surface area (Å²) >= 11 is 0. The van der Waals surface area contributed by atoms with Crippen molar-refractivity contribution in [1.82, 2.24) is 34.5 Å². The van der Waals surface area contributed by atoms with Crippen LogP contribution in [-0.2, 0) is 21.8 Å². The second-order valence-corrected chi connectivity index (χ2v) is 9.87. The first-order chi connectivity index (χ1) is 17.7. The molecule has 0 aliphatic carbocycles. The lowest BCUT2D eigenvalue weighted by molar-refractivity contribution is 0.0948.